The Hall–Kier alpha value is -1.55. The van der Waals surface area contributed by atoms with Crippen molar-refractivity contribution in [3.8, 4) is 0 Å². The number of benzene rings is 1. The zero-order valence-corrected chi connectivity index (χ0v) is 13.6. The first-order valence-corrected chi connectivity index (χ1v) is 7.29. The van der Waals surface area contributed by atoms with Gasteiger partial charge in [0.1, 0.15) is 0 Å². The highest BCUT2D eigenvalue weighted by molar-refractivity contribution is 6.34. The monoisotopic (exact) mass is 311 g/mol. The Morgan fingerprint density at radius 1 is 1.33 bits per heavy atom. The van der Waals surface area contributed by atoms with Gasteiger partial charge in [0.05, 0.1) is 16.3 Å². The molecular weight excluding hydrogens is 290 g/mol. The van der Waals surface area contributed by atoms with Gasteiger partial charge >= 0.3 is 5.97 Å². The number of carboxylic acid groups (broad SMARTS) is 1. The second kappa shape index (κ2) is 6.94. The average Bonchev–Trinajstić information content (AvgIpc) is 2.28. The van der Waals surface area contributed by atoms with E-state index in [1.165, 1.54) is 6.07 Å². The summed E-state index contributed by atoms with van der Waals surface area (Å²) in [5.41, 5.74) is 0.315. The van der Waals surface area contributed by atoms with Gasteiger partial charge in [-0.25, -0.2) is 4.79 Å². The fourth-order valence-electron chi connectivity index (χ4n) is 2.45. The van der Waals surface area contributed by atoms with Gasteiger partial charge in [-0.1, -0.05) is 45.4 Å². The lowest BCUT2D eigenvalue weighted by Gasteiger charge is -2.23. The molecule has 0 spiro atoms. The number of carbonyl (C=O) groups excluding carboxylic acids is 1. The van der Waals surface area contributed by atoms with Crippen LogP contribution in [0.1, 0.15) is 50.9 Å². The molecule has 1 amide bonds. The molecular formula is C16H22ClNO3. The molecule has 1 rings (SSSR count). The van der Waals surface area contributed by atoms with Gasteiger partial charge < -0.3 is 10.4 Å². The molecule has 0 aromatic heterocycles. The van der Waals surface area contributed by atoms with Crippen LogP contribution in [-0.2, 0) is 4.79 Å². The summed E-state index contributed by atoms with van der Waals surface area (Å²) in [5.74, 6) is -1.13. The summed E-state index contributed by atoms with van der Waals surface area (Å²) in [5, 5.41) is 12.0. The summed E-state index contributed by atoms with van der Waals surface area (Å²) in [6.07, 6.45) is 1.25. The predicted octanol–water partition coefficient (Wildman–Crippen LogP) is 4.44. The van der Waals surface area contributed by atoms with Crippen LogP contribution in [-0.4, -0.2) is 17.0 Å². The Labute approximate surface area is 130 Å². The van der Waals surface area contributed by atoms with E-state index in [2.05, 4.69) is 26.1 Å². The number of rotatable bonds is 5. The van der Waals surface area contributed by atoms with E-state index in [1.807, 2.05) is 6.92 Å². The van der Waals surface area contributed by atoms with Crippen LogP contribution in [0.5, 0.6) is 0 Å². The second-order valence-electron chi connectivity index (χ2n) is 6.59. The van der Waals surface area contributed by atoms with Crippen LogP contribution in [0.25, 0.3) is 0 Å². The van der Waals surface area contributed by atoms with Gasteiger partial charge in [0.25, 0.3) is 0 Å². The van der Waals surface area contributed by atoms with Crippen LogP contribution in [0.2, 0.25) is 5.02 Å². The molecule has 0 aliphatic rings. The van der Waals surface area contributed by atoms with Crippen molar-refractivity contribution in [2.45, 2.75) is 40.5 Å². The first-order valence-electron chi connectivity index (χ1n) is 6.92. The number of amides is 1. The lowest BCUT2D eigenvalue weighted by molar-refractivity contribution is -0.117. The summed E-state index contributed by atoms with van der Waals surface area (Å²) in [4.78, 5) is 23.2. The number of anilines is 1. The van der Waals surface area contributed by atoms with Crippen LogP contribution in [0.3, 0.4) is 0 Å². The smallest absolute Gasteiger partial charge is 0.337 e. The summed E-state index contributed by atoms with van der Waals surface area (Å²) >= 11 is 5.98. The fourth-order valence-corrected chi connectivity index (χ4v) is 2.68. The van der Waals surface area contributed by atoms with Crippen molar-refractivity contribution in [3.63, 3.8) is 0 Å². The molecule has 1 atom stereocenters. The highest BCUT2D eigenvalue weighted by Crippen LogP contribution is 2.28. The first kappa shape index (κ1) is 17.5. The molecule has 116 valence electrons. The Bertz CT molecular complexity index is 535. The van der Waals surface area contributed by atoms with Crippen molar-refractivity contribution < 1.29 is 14.7 Å². The molecule has 1 aromatic carbocycles. The van der Waals surface area contributed by atoms with E-state index in [-0.39, 0.29) is 33.5 Å². The van der Waals surface area contributed by atoms with Crippen molar-refractivity contribution >= 4 is 29.2 Å². The molecule has 0 aliphatic carbocycles. The van der Waals surface area contributed by atoms with Gasteiger partial charge in [-0.05, 0) is 29.9 Å². The number of hydrogen-bond donors (Lipinski definition) is 2. The predicted molar refractivity (Wildman–Crippen MR) is 84.9 cm³/mol. The molecule has 0 fully saturated rings. The highest BCUT2D eigenvalue weighted by Gasteiger charge is 2.20. The third kappa shape index (κ3) is 5.76. The van der Waals surface area contributed by atoms with Crippen molar-refractivity contribution in [1.82, 2.24) is 0 Å². The van der Waals surface area contributed by atoms with Crippen LogP contribution in [0.15, 0.2) is 18.2 Å². The van der Waals surface area contributed by atoms with Crippen LogP contribution < -0.4 is 5.32 Å². The number of aromatic carboxylic acids is 1. The lowest BCUT2D eigenvalue weighted by atomic mass is 9.84. The Morgan fingerprint density at radius 3 is 2.48 bits per heavy atom. The number of nitrogens with one attached hydrogen (secondary N) is 1. The Balaban J connectivity index is 2.78. The van der Waals surface area contributed by atoms with Gasteiger partial charge in [0.15, 0.2) is 0 Å². The number of carboxylic acids is 1. The molecule has 0 radical (unpaired) electrons. The lowest BCUT2D eigenvalue weighted by Crippen LogP contribution is -2.20. The fraction of sp³-hybridized carbons (Fsp3) is 0.500. The second-order valence-corrected chi connectivity index (χ2v) is 7.00. The number of para-hydroxylation sites is 1. The van der Waals surface area contributed by atoms with Gasteiger partial charge in [-0.2, -0.15) is 0 Å². The molecule has 0 saturated heterocycles. The zero-order valence-electron chi connectivity index (χ0n) is 12.9. The van der Waals surface area contributed by atoms with Gasteiger partial charge in [0.2, 0.25) is 5.91 Å². The van der Waals surface area contributed by atoms with Gasteiger partial charge in [-0.3, -0.25) is 4.79 Å². The Morgan fingerprint density at radius 2 is 1.95 bits per heavy atom. The third-order valence-corrected chi connectivity index (χ3v) is 3.32. The van der Waals surface area contributed by atoms with Crippen molar-refractivity contribution in [2.75, 3.05) is 5.32 Å². The normalized spacial score (nSPS) is 12.8. The van der Waals surface area contributed by atoms with E-state index in [4.69, 9.17) is 16.7 Å². The topological polar surface area (TPSA) is 66.4 Å². The number of carbonyl (C=O) groups is 2. The molecule has 4 nitrogen and oxygen atoms in total. The molecule has 5 heteroatoms. The quantitative estimate of drug-likeness (QED) is 0.844. The summed E-state index contributed by atoms with van der Waals surface area (Å²) in [6.45, 7) is 8.38. The SMILES string of the molecule is CC(CC(=O)Nc1c(Cl)cccc1C(=O)O)CC(C)(C)C. The molecule has 0 aliphatic heterocycles. The third-order valence-electron chi connectivity index (χ3n) is 3.00. The first-order chi connectivity index (χ1) is 9.60. The molecule has 21 heavy (non-hydrogen) atoms. The van der Waals surface area contributed by atoms with Crippen LogP contribution >= 0.6 is 11.6 Å². The van der Waals surface area contributed by atoms with E-state index < -0.39 is 5.97 Å². The molecule has 2 N–H and O–H groups in total. The zero-order chi connectivity index (χ0) is 16.2. The number of hydrogen-bond acceptors (Lipinski definition) is 2. The highest BCUT2D eigenvalue weighted by atomic mass is 35.5. The van der Waals surface area contributed by atoms with Gasteiger partial charge in [0, 0.05) is 6.42 Å². The maximum Gasteiger partial charge on any atom is 0.337 e. The van der Waals surface area contributed by atoms with E-state index in [0.29, 0.717) is 6.42 Å². The van der Waals surface area contributed by atoms with Crippen molar-refractivity contribution in [3.05, 3.63) is 28.8 Å². The van der Waals surface area contributed by atoms with E-state index in [1.54, 1.807) is 12.1 Å². The van der Waals surface area contributed by atoms with Gasteiger partial charge in [-0.15, -0.1) is 0 Å². The largest absolute Gasteiger partial charge is 0.478 e. The van der Waals surface area contributed by atoms with Crippen LogP contribution in [0, 0.1) is 11.3 Å². The minimum Gasteiger partial charge on any atom is -0.478 e. The summed E-state index contributed by atoms with van der Waals surface area (Å²) in [7, 11) is 0. The van der Waals surface area contributed by atoms with Crippen LogP contribution in [0.4, 0.5) is 5.69 Å². The van der Waals surface area contributed by atoms with Crippen molar-refractivity contribution in [2.24, 2.45) is 11.3 Å². The number of halogens is 1. The van der Waals surface area contributed by atoms with E-state index in [9.17, 15) is 9.59 Å². The molecule has 1 aromatic rings. The maximum atomic E-state index is 12.1. The van der Waals surface area contributed by atoms with E-state index in [0.717, 1.165) is 6.42 Å². The average molecular weight is 312 g/mol. The summed E-state index contributed by atoms with van der Waals surface area (Å²) in [6, 6.07) is 4.52. The standard InChI is InChI=1S/C16H22ClNO3/c1-10(9-16(2,3)4)8-13(19)18-14-11(15(20)21)6-5-7-12(14)17/h5-7,10H,8-9H2,1-4H3,(H,18,19)(H,20,21). The minimum absolute atomic E-state index is 0.000626. The Kier molecular flexibility index (Phi) is 5.78. The minimum atomic E-state index is -1.12. The van der Waals surface area contributed by atoms with Crippen molar-refractivity contribution in [1.29, 1.82) is 0 Å². The van der Waals surface area contributed by atoms with E-state index >= 15 is 0 Å². The molecule has 0 heterocycles. The molecule has 0 bridgehead atoms. The molecule has 1 unspecified atom stereocenters. The summed E-state index contributed by atoms with van der Waals surface area (Å²) < 4.78 is 0. The maximum absolute atomic E-state index is 12.1. The molecule has 0 saturated carbocycles.